The van der Waals surface area contributed by atoms with Crippen LogP contribution in [0.2, 0.25) is 0 Å². The fraction of sp³-hybridized carbons (Fsp3) is 0.200. The third-order valence-corrected chi connectivity index (χ3v) is 1.72. The van der Waals surface area contributed by atoms with E-state index in [1.165, 1.54) is 37.4 Å². The van der Waals surface area contributed by atoms with Gasteiger partial charge < -0.3 is 4.74 Å². The summed E-state index contributed by atoms with van der Waals surface area (Å²) in [5.74, 6) is -0.383. The van der Waals surface area contributed by atoms with E-state index in [2.05, 4.69) is 15.3 Å². The minimum Gasteiger partial charge on any atom is -0.460 e. The van der Waals surface area contributed by atoms with Crippen LogP contribution >= 0.6 is 0 Å². The van der Waals surface area contributed by atoms with E-state index in [9.17, 15) is 14.9 Å². The second kappa shape index (κ2) is 6.21. The largest absolute Gasteiger partial charge is 0.460 e. The van der Waals surface area contributed by atoms with Gasteiger partial charge in [-0.25, -0.2) is 0 Å². The van der Waals surface area contributed by atoms with E-state index in [0.717, 1.165) is 0 Å². The number of ether oxygens (including phenoxy) is 1. The molecule has 0 bridgehead atoms. The number of carbonyl (C=O) groups excluding carboxylic acids is 1. The van der Waals surface area contributed by atoms with E-state index in [1.807, 2.05) is 0 Å². The molecule has 0 fully saturated rings. The Balaban J connectivity index is 2.42. The highest BCUT2D eigenvalue weighted by Gasteiger charge is 2.02. The van der Waals surface area contributed by atoms with Crippen LogP contribution in [0.15, 0.2) is 29.4 Å². The highest BCUT2D eigenvalue weighted by atomic mass is 16.6. The molecule has 0 aliphatic rings. The molecule has 1 aromatic carbocycles. The number of nitro groups is 1. The van der Waals surface area contributed by atoms with Crippen LogP contribution in [0.5, 0.6) is 0 Å². The molecule has 0 saturated heterocycles. The molecule has 0 aromatic heterocycles. The van der Waals surface area contributed by atoms with E-state index < -0.39 is 4.92 Å². The van der Waals surface area contributed by atoms with Crippen molar-refractivity contribution in [2.24, 2.45) is 5.10 Å². The normalized spacial score (nSPS) is 10.2. The van der Waals surface area contributed by atoms with Gasteiger partial charge in [0.05, 0.1) is 16.8 Å². The standard InChI is InChI=1S/C10H11N3O4/c1-8(14)17-7-6-11-12-9-2-4-10(5-3-9)13(15)16/h2-6,12H,7H2,1H3. The van der Waals surface area contributed by atoms with Crippen LogP contribution in [-0.2, 0) is 9.53 Å². The van der Waals surface area contributed by atoms with Gasteiger partial charge >= 0.3 is 5.97 Å². The summed E-state index contributed by atoms with van der Waals surface area (Å²) in [6.07, 6.45) is 1.38. The van der Waals surface area contributed by atoms with E-state index in [0.29, 0.717) is 5.69 Å². The molecule has 0 aliphatic carbocycles. The number of nitrogens with zero attached hydrogens (tertiary/aromatic N) is 2. The number of nitrogens with one attached hydrogen (secondary N) is 1. The first-order valence-corrected chi connectivity index (χ1v) is 4.75. The molecule has 0 aliphatic heterocycles. The number of nitro benzene ring substituents is 1. The number of anilines is 1. The summed E-state index contributed by atoms with van der Waals surface area (Å²) in [6, 6.07) is 5.79. The highest BCUT2D eigenvalue weighted by Crippen LogP contribution is 2.14. The molecule has 1 N–H and O–H groups in total. The van der Waals surface area contributed by atoms with Gasteiger partial charge in [0.2, 0.25) is 0 Å². The van der Waals surface area contributed by atoms with E-state index in [-0.39, 0.29) is 18.3 Å². The van der Waals surface area contributed by atoms with Crippen LogP contribution in [0, 0.1) is 10.1 Å². The lowest BCUT2D eigenvalue weighted by Crippen LogP contribution is -2.02. The van der Waals surface area contributed by atoms with Gasteiger partial charge in [0.1, 0.15) is 6.61 Å². The number of hydrazone groups is 1. The maximum absolute atomic E-state index is 10.4. The first-order valence-electron chi connectivity index (χ1n) is 4.75. The van der Waals surface area contributed by atoms with Crippen molar-refractivity contribution in [1.29, 1.82) is 0 Å². The van der Waals surface area contributed by atoms with Gasteiger partial charge in [-0.3, -0.25) is 20.3 Å². The Hall–Kier alpha value is -2.44. The molecule has 7 heteroatoms. The van der Waals surface area contributed by atoms with Gasteiger partial charge in [0, 0.05) is 19.1 Å². The number of hydrogen-bond donors (Lipinski definition) is 1. The van der Waals surface area contributed by atoms with Gasteiger partial charge in [0.15, 0.2) is 0 Å². The second-order valence-corrected chi connectivity index (χ2v) is 3.03. The maximum Gasteiger partial charge on any atom is 0.302 e. The van der Waals surface area contributed by atoms with Gasteiger partial charge in [-0.15, -0.1) is 0 Å². The van der Waals surface area contributed by atoms with Crippen LogP contribution in [0.1, 0.15) is 6.92 Å². The molecule has 1 rings (SSSR count). The number of non-ortho nitro benzene ring substituents is 1. The minimum atomic E-state index is -0.478. The topological polar surface area (TPSA) is 93.8 Å². The lowest BCUT2D eigenvalue weighted by atomic mass is 10.3. The van der Waals surface area contributed by atoms with Crippen LogP contribution in [-0.4, -0.2) is 23.7 Å². The average Bonchev–Trinajstić information content (AvgIpc) is 2.29. The summed E-state index contributed by atoms with van der Waals surface area (Å²) in [5, 5.41) is 14.1. The predicted octanol–water partition coefficient (Wildman–Crippen LogP) is 1.56. The molecule has 90 valence electrons. The fourth-order valence-electron chi connectivity index (χ4n) is 0.970. The van der Waals surface area contributed by atoms with Crippen molar-refractivity contribution >= 4 is 23.6 Å². The Morgan fingerprint density at radius 2 is 2.18 bits per heavy atom. The van der Waals surface area contributed by atoms with Crippen LogP contribution < -0.4 is 5.43 Å². The molecular weight excluding hydrogens is 226 g/mol. The van der Waals surface area contributed by atoms with Crippen molar-refractivity contribution in [2.75, 3.05) is 12.0 Å². The summed E-state index contributed by atoms with van der Waals surface area (Å²) in [6.45, 7) is 1.38. The van der Waals surface area contributed by atoms with Gasteiger partial charge in [-0.05, 0) is 12.1 Å². The number of esters is 1. The van der Waals surface area contributed by atoms with Crippen LogP contribution in [0.4, 0.5) is 11.4 Å². The number of benzene rings is 1. The molecule has 0 heterocycles. The smallest absolute Gasteiger partial charge is 0.302 e. The SMILES string of the molecule is CC(=O)OCC=NNc1ccc([N+](=O)[O-])cc1. The van der Waals surface area contributed by atoms with Gasteiger partial charge in [-0.2, -0.15) is 5.10 Å². The maximum atomic E-state index is 10.4. The average molecular weight is 237 g/mol. The summed E-state index contributed by atoms with van der Waals surface area (Å²) in [7, 11) is 0. The number of carbonyl (C=O) groups is 1. The summed E-state index contributed by atoms with van der Waals surface area (Å²) in [5.41, 5.74) is 3.26. The van der Waals surface area contributed by atoms with Crippen molar-refractivity contribution < 1.29 is 14.5 Å². The zero-order valence-electron chi connectivity index (χ0n) is 9.12. The fourth-order valence-corrected chi connectivity index (χ4v) is 0.970. The second-order valence-electron chi connectivity index (χ2n) is 3.03. The minimum absolute atomic E-state index is 0.0134. The Kier molecular flexibility index (Phi) is 4.61. The summed E-state index contributed by atoms with van der Waals surface area (Å²) < 4.78 is 4.61. The van der Waals surface area contributed by atoms with Crippen molar-refractivity contribution in [3.8, 4) is 0 Å². The molecular formula is C10H11N3O4. The lowest BCUT2D eigenvalue weighted by molar-refractivity contribution is -0.384. The zero-order chi connectivity index (χ0) is 12.7. The Labute approximate surface area is 97.2 Å². The van der Waals surface area contributed by atoms with Crippen LogP contribution in [0.25, 0.3) is 0 Å². The number of rotatable bonds is 5. The molecule has 17 heavy (non-hydrogen) atoms. The van der Waals surface area contributed by atoms with Crippen molar-refractivity contribution in [3.63, 3.8) is 0 Å². The van der Waals surface area contributed by atoms with E-state index >= 15 is 0 Å². The first-order chi connectivity index (χ1) is 8.09. The predicted molar refractivity (Wildman–Crippen MR) is 61.8 cm³/mol. The van der Waals surface area contributed by atoms with Gasteiger partial charge in [-0.1, -0.05) is 0 Å². The zero-order valence-corrected chi connectivity index (χ0v) is 9.12. The van der Waals surface area contributed by atoms with E-state index in [1.54, 1.807) is 0 Å². The molecule has 0 spiro atoms. The number of hydrogen-bond acceptors (Lipinski definition) is 6. The Morgan fingerprint density at radius 1 is 1.53 bits per heavy atom. The van der Waals surface area contributed by atoms with E-state index in [4.69, 9.17) is 0 Å². The van der Waals surface area contributed by atoms with Crippen molar-refractivity contribution in [3.05, 3.63) is 34.4 Å². The first kappa shape index (κ1) is 12.6. The van der Waals surface area contributed by atoms with Crippen LogP contribution in [0.3, 0.4) is 0 Å². The molecule has 1 aromatic rings. The van der Waals surface area contributed by atoms with Crippen molar-refractivity contribution in [2.45, 2.75) is 6.92 Å². The Morgan fingerprint density at radius 3 is 2.71 bits per heavy atom. The third kappa shape index (κ3) is 4.74. The lowest BCUT2D eigenvalue weighted by Gasteiger charge is -1.99. The molecule has 0 radical (unpaired) electrons. The molecule has 0 amide bonds. The monoisotopic (exact) mass is 237 g/mol. The summed E-state index contributed by atoms with van der Waals surface area (Å²) in [4.78, 5) is 20.3. The summed E-state index contributed by atoms with van der Waals surface area (Å²) >= 11 is 0. The Bertz CT molecular complexity index is 428. The molecule has 0 atom stereocenters. The molecule has 0 saturated carbocycles. The highest BCUT2D eigenvalue weighted by molar-refractivity contribution is 5.70. The van der Waals surface area contributed by atoms with Gasteiger partial charge in [0.25, 0.3) is 5.69 Å². The molecule has 7 nitrogen and oxygen atoms in total. The van der Waals surface area contributed by atoms with Crippen molar-refractivity contribution in [1.82, 2.24) is 0 Å². The molecule has 0 unspecified atom stereocenters. The third-order valence-electron chi connectivity index (χ3n) is 1.72. The quantitative estimate of drug-likeness (QED) is 0.363.